The summed E-state index contributed by atoms with van der Waals surface area (Å²) in [6.45, 7) is 3.56. The molecule has 0 saturated heterocycles. The third-order valence-corrected chi connectivity index (χ3v) is 2.77. The number of hydrogen-bond acceptors (Lipinski definition) is 4. The Morgan fingerprint density at radius 1 is 1.33 bits per heavy atom. The molecule has 0 aliphatic carbocycles. The van der Waals surface area contributed by atoms with Crippen LogP contribution in [0.4, 0.5) is 5.69 Å². The molecular formula is C12H12BrN3O2. The maximum Gasteiger partial charge on any atom is 0.254 e. The number of halogens is 1. The van der Waals surface area contributed by atoms with E-state index in [0.717, 1.165) is 10.0 Å². The van der Waals surface area contributed by atoms with Crippen molar-refractivity contribution in [2.75, 3.05) is 5.73 Å². The topological polar surface area (TPSA) is 81.0 Å². The minimum atomic E-state index is -0.258. The highest BCUT2D eigenvalue weighted by Crippen LogP contribution is 2.32. The number of nitrogens with one attached hydrogen (secondary N) is 1. The monoisotopic (exact) mass is 309 g/mol. The summed E-state index contributed by atoms with van der Waals surface area (Å²) >= 11 is 3.35. The van der Waals surface area contributed by atoms with E-state index in [9.17, 15) is 4.79 Å². The summed E-state index contributed by atoms with van der Waals surface area (Å²) in [5.74, 6) is 1.23. The van der Waals surface area contributed by atoms with Gasteiger partial charge in [-0.3, -0.25) is 4.79 Å². The Morgan fingerprint density at radius 3 is 2.67 bits per heavy atom. The van der Waals surface area contributed by atoms with Crippen LogP contribution in [0.5, 0.6) is 11.6 Å². The van der Waals surface area contributed by atoms with Crippen molar-refractivity contribution in [1.29, 1.82) is 0 Å². The average molecular weight is 310 g/mol. The Labute approximate surface area is 112 Å². The van der Waals surface area contributed by atoms with Gasteiger partial charge in [0.15, 0.2) is 5.75 Å². The molecule has 0 unspecified atom stereocenters. The quantitative estimate of drug-likeness (QED) is 0.835. The fourth-order valence-corrected chi connectivity index (χ4v) is 2.19. The van der Waals surface area contributed by atoms with Gasteiger partial charge in [0.1, 0.15) is 5.82 Å². The van der Waals surface area contributed by atoms with Crippen molar-refractivity contribution in [1.82, 2.24) is 9.97 Å². The molecule has 2 rings (SSSR count). The number of ether oxygens (including phenoxy) is 1. The third kappa shape index (κ3) is 2.70. The molecule has 0 fully saturated rings. The zero-order chi connectivity index (χ0) is 13.3. The number of nitrogens with zero attached hydrogens (tertiary/aromatic N) is 1. The van der Waals surface area contributed by atoms with Gasteiger partial charge in [0.2, 0.25) is 5.88 Å². The van der Waals surface area contributed by atoms with Crippen molar-refractivity contribution in [2.24, 2.45) is 0 Å². The Morgan fingerprint density at radius 2 is 2.06 bits per heavy atom. The minimum absolute atomic E-state index is 0.230. The SMILES string of the molecule is Cc1nc(Oc2c(C)cc(Br)cc2N)cc(=O)[nH]1. The number of aromatic amines is 1. The van der Waals surface area contributed by atoms with Crippen LogP contribution in [-0.2, 0) is 0 Å². The second kappa shape index (κ2) is 4.81. The second-order valence-electron chi connectivity index (χ2n) is 3.91. The van der Waals surface area contributed by atoms with Gasteiger partial charge >= 0.3 is 0 Å². The van der Waals surface area contributed by atoms with Crippen LogP contribution in [0, 0.1) is 13.8 Å². The van der Waals surface area contributed by atoms with Crippen LogP contribution >= 0.6 is 15.9 Å². The predicted molar refractivity (Wildman–Crippen MR) is 73.0 cm³/mol. The number of aryl methyl sites for hydroxylation is 2. The highest BCUT2D eigenvalue weighted by atomic mass is 79.9. The standard InChI is InChI=1S/C12H12BrN3O2/c1-6-3-8(13)4-9(14)12(6)18-11-5-10(17)15-7(2)16-11/h3-5H,14H2,1-2H3,(H,15,16,17). The molecule has 0 spiro atoms. The normalized spacial score (nSPS) is 10.4. The third-order valence-electron chi connectivity index (χ3n) is 2.31. The molecular weight excluding hydrogens is 298 g/mol. The fraction of sp³-hybridized carbons (Fsp3) is 0.167. The first-order valence-electron chi connectivity index (χ1n) is 5.27. The highest BCUT2D eigenvalue weighted by molar-refractivity contribution is 9.10. The lowest BCUT2D eigenvalue weighted by molar-refractivity contribution is 0.457. The molecule has 0 bridgehead atoms. The summed E-state index contributed by atoms with van der Waals surface area (Å²) in [5.41, 5.74) is 6.97. The molecule has 3 N–H and O–H groups in total. The van der Waals surface area contributed by atoms with Gasteiger partial charge in [0, 0.05) is 4.47 Å². The zero-order valence-corrected chi connectivity index (χ0v) is 11.5. The molecule has 6 heteroatoms. The molecule has 2 aromatic rings. The largest absolute Gasteiger partial charge is 0.436 e. The molecule has 1 aromatic carbocycles. The average Bonchev–Trinajstić information content (AvgIpc) is 2.22. The first-order valence-corrected chi connectivity index (χ1v) is 6.06. The smallest absolute Gasteiger partial charge is 0.254 e. The Hall–Kier alpha value is -1.82. The van der Waals surface area contributed by atoms with Crippen LogP contribution in [0.25, 0.3) is 0 Å². The lowest BCUT2D eigenvalue weighted by Crippen LogP contribution is -2.09. The molecule has 0 aliphatic heterocycles. The van der Waals surface area contributed by atoms with Gasteiger partial charge < -0.3 is 15.5 Å². The predicted octanol–water partition coefficient (Wildman–Crippen LogP) is 2.52. The number of hydrogen-bond donors (Lipinski definition) is 2. The van der Waals surface area contributed by atoms with E-state index < -0.39 is 0 Å². The van der Waals surface area contributed by atoms with Gasteiger partial charge in [0.25, 0.3) is 5.56 Å². The van der Waals surface area contributed by atoms with Crippen molar-refractivity contribution >= 4 is 21.6 Å². The summed E-state index contributed by atoms with van der Waals surface area (Å²) in [4.78, 5) is 17.9. The van der Waals surface area contributed by atoms with Crippen molar-refractivity contribution in [3.8, 4) is 11.6 Å². The highest BCUT2D eigenvalue weighted by Gasteiger charge is 2.09. The van der Waals surface area contributed by atoms with E-state index in [1.807, 2.05) is 13.0 Å². The van der Waals surface area contributed by atoms with Crippen LogP contribution in [-0.4, -0.2) is 9.97 Å². The zero-order valence-electron chi connectivity index (χ0n) is 9.95. The lowest BCUT2D eigenvalue weighted by Gasteiger charge is -2.11. The summed E-state index contributed by atoms with van der Waals surface area (Å²) in [5, 5.41) is 0. The maximum atomic E-state index is 11.3. The van der Waals surface area contributed by atoms with Gasteiger partial charge in [-0.2, -0.15) is 0 Å². The molecule has 18 heavy (non-hydrogen) atoms. The van der Waals surface area contributed by atoms with Crippen molar-refractivity contribution < 1.29 is 4.74 Å². The van der Waals surface area contributed by atoms with Crippen LogP contribution in [0.15, 0.2) is 27.5 Å². The molecule has 5 nitrogen and oxygen atoms in total. The van der Waals surface area contributed by atoms with Crippen LogP contribution in [0.3, 0.4) is 0 Å². The van der Waals surface area contributed by atoms with Gasteiger partial charge in [0.05, 0.1) is 11.8 Å². The van der Waals surface area contributed by atoms with E-state index in [0.29, 0.717) is 17.3 Å². The Kier molecular flexibility index (Phi) is 3.38. The van der Waals surface area contributed by atoms with Gasteiger partial charge in [-0.05, 0) is 31.5 Å². The van der Waals surface area contributed by atoms with Crippen molar-refractivity contribution in [3.63, 3.8) is 0 Å². The molecule has 1 aromatic heterocycles. The number of anilines is 1. The molecule has 94 valence electrons. The van der Waals surface area contributed by atoms with E-state index in [-0.39, 0.29) is 11.4 Å². The molecule has 0 aliphatic rings. The van der Waals surface area contributed by atoms with Gasteiger partial charge in [-0.25, -0.2) is 4.98 Å². The molecule has 0 amide bonds. The van der Waals surface area contributed by atoms with E-state index in [1.54, 1.807) is 13.0 Å². The first-order chi connectivity index (χ1) is 8.45. The second-order valence-corrected chi connectivity index (χ2v) is 4.83. The molecule has 0 saturated carbocycles. The number of aromatic nitrogens is 2. The summed E-state index contributed by atoms with van der Waals surface area (Å²) < 4.78 is 6.45. The van der Waals surface area contributed by atoms with Crippen LogP contribution in [0.2, 0.25) is 0 Å². The van der Waals surface area contributed by atoms with E-state index >= 15 is 0 Å². The Balaban J connectivity index is 2.43. The summed E-state index contributed by atoms with van der Waals surface area (Å²) in [6, 6.07) is 4.90. The number of benzene rings is 1. The van der Waals surface area contributed by atoms with Crippen LogP contribution < -0.4 is 16.0 Å². The molecule has 0 atom stereocenters. The maximum absolute atomic E-state index is 11.3. The number of nitrogen functional groups attached to an aromatic ring is 1. The first kappa shape index (κ1) is 12.6. The molecule has 1 heterocycles. The van der Waals surface area contributed by atoms with E-state index in [1.165, 1.54) is 6.07 Å². The number of rotatable bonds is 2. The summed E-state index contributed by atoms with van der Waals surface area (Å²) in [7, 11) is 0. The summed E-state index contributed by atoms with van der Waals surface area (Å²) in [6.07, 6.45) is 0. The van der Waals surface area contributed by atoms with Gasteiger partial charge in [-0.15, -0.1) is 0 Å². The molecule has 0 radical (unpaired) electrons. The lowest BCUT2D eigenvalue weighted by atomic mass is 10.2. The van der Waals surface area contributed by atoms with Gasteiger partial charge in [-0.1, -0.05) is 15.9 Å². The van der Waals surface area contributed by atoms with E-state index in [2.05, 4.69) is 25.9 Å². The van der Waals surface area contributed by atoms with Crippen LogP contribution in [0.1, 0.15) is 11.4 Å². The van der Waals surface area contributed by atoms with Crippen molar-refractivity contribution in [3.05, 3.63) is 44.4 Å². The number of nitrogens with two attached hydrogens (primary N) is 1. The van der Waals surface area contributed by atoms with E-state index in [4.69, 9.17) is 10.5 Å². The fourth-order valence-electron chi connectivity index (χ4n) is 1.60. The number of H-pyrrole nitrogens is 1. The minimum Gasteiger partial charge on any atom is -0.436 e. The Bertz CT molecular complexity index is 629. The van der Waals surface area contributed by atoms with Crippen molar-refractivity contribution in [2.45, 2.75) is 13.8 Å².